The third-order valence-electron chi connectivity index (χ3n) is 3.25. The highest BCUT2D eigenvalue weighted by Crippen LogP contribution is 2.22. The van der Waals surface area contributed by atoms with Crippen LogP contribution < -0.4 is 0 Å². The zero-order valence-electron chi connectivity index (χ0n) is 11.8. The zero-order valence-corrected chi connectivity index (χ0v) is 11.8. The van der Waals surface area contributed by atoms with Crippen LogP contribution in [-0.4, -0.2) is 24.9 Å². The van der Waals surface area contributed by atoms with Crippen LogP contribution in [0.2, 0.25) is 0 Å². The van der Waals surface area contributed by atoms with Gasteiger partial charge in [-0.3, -0.25) is 0 Å². The first-order chi connectivity index (χ1) is 11.2. The smallest absolute Gasteiger partial charge is 0.176 e. The summed E-state index contributed by atoms with van der Waals surface area (Å²) in [5, 5.41) is 27.4. The highest BCUT2D eigenvalue weighted by molar-refractivity contribution is 5.82. The molecule has 0 amide bonds. The number of nitrogens with zero attached hydrogens (tertiary/aromatic N) is 5. The van der Waals surface area contributed by atoms with E-state index in [-0.39, 0.29) is 0 Å². The van der Waals surface area contributed by atoms with Gasteiger partial charge in [0.2, 0.25) is 0 Å². The van der Waals surface area contributed by atoms with Crippen LogP contribution in [0.15, 0.2) is 49.1 Å². The highest BCUT2D eigenvalue weighted by atomic mass is 16.5. The molecule has 0 spiro atoms. The number of aromatic nitrogens is 4. The maximum atomic E-state index is 9.22. The van der Waals surface area contributed by atoms with Gasteiger partial charge in [-0.25, -0.2) is 9.97 Å². The van der Waals surface area contributed by atoms with Gasteiger partial charge in [0.15, 0.2) is 5.82 Å². The van der Waals surface area contributed by atoms with Gasteiger partial charge < -0.3 is 10.2 Å². The molecule has 0 unspecified atom stereocenters. The van der Waals surface area contributed by atoms with Gasteiger partial charge in [-0.15, -0.1) is 0 Å². The summed E-state index contributed by atoms with van der Waals surface area (Å²) in [6.45, 7) is 0. The largest absolute Gasteiger partial charge is 0.427 e. The monoisotopic (exact) mass is 302 g/mol. The summed E-state index contributed by atoms with van der Waals surface area (Å²) in [7, 11) is 0. The molecule has 23 heavy (non-hydrogen) atoms. The first kappa shape index (κ1) is 14.1. The molecule has 0 bridgehead atoms. The minimum atomic E-state index is 0.411. The second kappa shape index (κ2) is 5.88. The standard InChI is InChI=1S/C8H5N3O.C8H5N3/c9-4-6-5-10-8-7(6)2-1-3-11(8)12;9-4-6-5-11-8-7(6)2-1-3-10-8/h1-3,5,12H;1-3,5H,(H,10,11). The number of hydrogen-bond donors (Lipinski definition) is 2. The summed E-state index contributed by atoms with van der Waals surface area (Å²) in [5.41, 5.74) is 2.56. The maximum Gasteiger partial charge on any atom is 0.176 e. The quantitative estimate of drug-likeness (QED) is 0.484. The Labute approximate surface area is 131 Å². The van der Waals surface area contributed by atoms with Crippen molar-refractivity contribution in [3.63, 3.8) is 0 Å². The molecule has 7 nitrogen and oxygen atoms in total. The minimum Gasteiger partial charge on any atom is -0.427 e. The van der Waals surface area contributed by atoms with Crippen LogP contribution >= 0.6 is 0 Å². The van der Waals surface area contributed by atoms with Gasteiger partial charge in [-0.1, -0.05) is 0 Å². The molecule has 110 valence electrons. The van der Waals surface area contributed by atoms with Gasteiger partial charge in [0.1, 0.15) is 17.8 Å². The van der Waals surface area contributed by atoms with Crippen molar-refractivity contribution in [3.8, 4) is 23.5 Å². The van der Waals surface area contributed by atoms with Gasteiger partial charge in [-0.05, 0) is 24.3 Å². The number of rotatable bonds is 0. The van der Waals surface area contributed by atoms with Crippen molar-refractivity contribution in [1.29, 1.82) is 10.5 Å². The lowest BCUT2D eigenvalue weighted by Crippen LogP contribution is -1.96. The Balaban J connectivity index is 0.000000136. The van der Waals surface area contributed by atoms with Crippen molar-refractivity contribution < 1.29 is 5.21 Å². The Morgan fingerprint density at radius 2 is 1.91 bits per heavy atom. The first-order valence-corrected chi connectivity index (χ1v) is 6.62. The SMILES string of the molecule is N#Cc1c[nH]c2ncccc12.N#Cc1cnc2n(O)cccc1-2. The lowest BCUT2D eigenvalue weighted by atomic mass is 10.2. The molecule has 2 aliphatic rings. The molecular weight excluding hydrogens is 292 g/mol. The second-order valence-corrected chi connectivity index (χ2v) is 4.59. The van der Waals surface area contributed by atoms with Crippen LogP contribution in [0.4, 0.5) is 0 Å². The minimum absolute atomic E-state index is 0.411. The average Bonchev–Trinajstić information content (AvgIpc) is 3.20. The van der Waals surface area contributed by atoms with E-state index >= 15 is 0 Å². The first-order valence-electron chi connectivity index (χ1n) is 6.62. The Kier molecular flexibility index (Phi) is 3.61. The molecule has 0 aromatic carbocycles. The van der Waals surface area contributed by atoms with E-state index in [0.29, 0.717) is 22.5 Å². The number of hydrogen-bond acceptors (Lipinski definition) is 5. The third kappa shape index (κ3) is 2.55. The van der Waals surface area contributed by atoms with Gasteiger partial charge in [0, 0.05) is 35.7 Å². The highest BCUT2D eigenvalue weighted by Gasteiger charge is 2.12. The van der Waals surface area contributed by atoms with Crippen LogP contribution in [0.1, 0.15) is 11.1 Å². The van der Waals surface area contributed by atoms with E-state index in [0.717, 1.165) is 15.8 Å². The Morgan fingerprint density at radius 3 is 2.70 bits per heavy atom. The molecule has 2 aromatic rings. The van der Waals surface area contributed by atoms with Crippen LogP contribution in [0, 0.1) is 22.7 Å². The van der Waals surface area contributed by atoms with Crippen LogP contribution in [-0.2, 0) is 0 Å². The van der Waals surface area contributed by atoms with Crippen molar-refractivity contribution in [1.82, 2.24) is 19.7 Å². The lowest BCUT2D eigenvalue weighted by molar-refractivity contribution is 0.187. The van der Waals surface area contributed by atoms with E-state index in [1.165, 1.54) is 12.4 Å². The van der Waals surface area contributed by atoms with Gasteiger partial charge in [0.05, 0.1) is 11.1 Å². The van der Waals surface area contributed by atoms with Gasteiger partial charge in [-0.2, -0.15) is 15.3 Å². The second-order valence-electron chi connectivity index (χ2n) is 4.59. The third-order valence-corrected chi connectivity index (χ3v) is 3.25. The molecule has 4 heterocycles. The fourth-order valence-corrected chi connectivity index (χ4v) is 2.16. The molecule has 2 aromatic heterocycles. The summed E-state index contributed by atoms with van der Waals surface area (Å²) in [4.78, 5) is 10.8. The van der Waals surface area contributed by atoms with Crippen molar-refractivity contribution in [2.45, 2.75) is 0 Å². The molecule has 4 rings (SSSR count). The number of pyridine rings is 2. The predicted octanol–water partition coefficient (Wildman–Crippen LogP) is 2.53. The number of nitrogens with one attached hydrogen (secondary N) is 1. The van der Waals surface area contributed by atoms with Crippen molar-refractivity contribution in [2.75, 3.05) is 0 Å². The average molecular weight is 302 g/mol. The van der Waals surface area contributed by atoms with E-state index in [9.17, 15) is 5.21 Å². The van der Waals surface area contributed by atoms with Gasteiger partial charge in [0.25, 0.3) is 0 Å². The predicted molar refractivity (Wildman–Crippen MR) is 81.6 cm³/mol. The molecule has 0 atom stereocenters. The number of nitriles is 2. The molecule has 2 N–H and O–H groups in total. The van der Waals surface area contributed by atoms with Crippen molar-refractivity contribution in [3.05, 3.63) is 60.2 Å². The summed E-state index contributed by atoms with van der Waals surface area (Å²) in [6.07, 6.45) is 6.27. The van der Waals surface area contributed by atoms with E-state index in [2.05, 4.69) is 21.0 Å². The van der Waals surface area contributed by atoms with Crippen LogP contribution in [0.25, 0.3) is 22.4 Å². The summed E-state index contributed by atoms with van der Waals surface area (Å²) in [6, 6.07) is 11.2. The lowest BCUT2D eigenvalue weighted by Gasteiger charge is -2.01. The number of aromatic amines is 1. The number of fused-ring (bicyclic) bond motifs is 2. The van der Waals surface area contributed by atoms with Crippen molar-refractivity contribution in [2.24, 2.45) is 0 Å². The van der Waals surface area contributed by atoms with E-state index in [4.69, 9.17) is 10.5 Å². The fraction of sp³-hybridized carbons (Fsp3) is 0. The normalized spacial score (nSPS) is 9.83. The molecular formula is C16H10N6O. The fourth-order valence-electron chi connectivity index (χ4n) is 2.16. The van der Waals surface area contributed by atoms with Crippen molar-refractivity contribution >= 4 is 11.0 Å². The molecule has 0 fully saturated rings. The topological polar surface area (TPSA) is 114 Å². The van der Waals surface area contributed by atoms with Gasteiger partial charge >= 0.3 is 0 Å². The summed E-state index contributed by atoms with van der Waals surface area (Å²) in [5.74, 6) is 0.411. The zero-order chi connectivity index (χ0) is 16.2. The Bertz CT molecular complexity index is 1020. The Morgan fingerprint density at radius 1 is 1.09 bits per heavy atom. The molecule has 0 aliphatic carbocycles. The molecule has 7 heteroatoms. The van der Waals surface area contributed by atoms with Crippen LogP contribution in [0.3, 0.4) is 0 Å². The Hall–Kier alpha value is -3.84. The summed E-state index contributed by atoms with van der Waals surface area (Å²) >= 11 is 0. The molecule has 0 radical (unpaired) electrons. The maximum absolute atomic E-state index is 9.22. The molecule has 2 aliphatic heterocycles. The van der Waals surface area contributed by atoms with Crippen LogP contribution in [0.5, 0.6) is 0 Å². The molecule has 0 saturated carbocycles. The summed E-state index contributed by atoms with van der Waals surface area (Å²) < 4.78 is 0.899. The van der Waals surface area contributed by atoms with E-state index in [1.807, 2.05) is 18.2 Å². The molecule has 0 saturated heterocycles. The number of H-pyrrole nitrogens is 1. The van der Waals surface area contributed by atoms with E-state index < -0.39 is 0 Å². The van der Waals surface area contributed by atoms with E-state index in [1.54, 1.807) is 24.5 Å².